The Kier molecular flexibility index (Phi) is 51.5. The molecule has 0 amide bonds. The summed E-state index contributed by atoms with van der Waals surface area (Å²) in [5.41, 5.74) is 0. The third kappa shape index (κ3) is 51.5. The van der Waals surface area contributed by atoms with Crippen LogP contribution in [0.4, 0.5) is 0 Å². The summed E-state index contributed by atoms with van der Waals surface area (Å²) in [6.07, 6.45) is 72.8. The second kappa shape index (κ2) is 54.2. The lowest BCUT2D eigenvalue weighted by Crippen LogP contribution is -2.30. The fourth-order valence-corrected chi connectivity index (χ4v) is 7.10. The lowest BCUT2D eigenvalue weighted by atomic mass is 10.1. The van der Waals surface area contributed by atoms with Crippen LogP contribution in [0.2, 0.25) is 0 Å². The quantitative estimate of drug-likeness (QED) is 0.0346. The summed E-state index contributed by atoms with van der Waals surface area (Å²) in [7, 11) is 0. The largest absolute Gasteiger partial charge is 0.462 e. The van der Waals surface area contributed by atoms with Gasteiger partial charge < -0.3 is 14.2 Å². The van der Waals surface area contributed by atoms with E-state index in [1.54, 1.807) is 0 Å². The molecule has 64 heavy (non-hydrogen) atoms. The van der Waals surface area contributed by atoms with Gasteiger partial charge in [-0.2, -0.15) is 0 Å². The van der Waals surface area contributed by atoms with E-state index < -0.39 is 6.10 Å². The maximum atomic E-state index is 12.8. The first-order valence-corrected chi connectivity index (χ1v) is 26.8. The zero-order valence-electron chi connectivity index (χ0n) is 42.0. The van der Waals surface area contributed by atoms with Gasteiger partial charge in [-0.15, -0.1) is 0 Å². The van der Waals surface area contributed by atoms with E-state index in [1.807, 2.05) is 0 Å². The topological polar surface area (TPSA) is 61.8 Å². The number of hydrogen-bond acceptors (Lipinski definition) is 5. The number of rotatable bonds is 48. The fourth-order valence-electron chi connectivity index (χ4n) is 7.10. The summed E-state index contributed by atoms with van der Waals surface area (Å²) in [4.78, 5) is 25.4. The Morgan fingerprint density at radius 3 is 1.22 bits per heavy atom. The van der Waals surface area contributed by atoms with Crippen LogP contribution in [0.5, 0.6) is 0 Å². The minimum atomic E-state index is -0.567. The second-order valence-electron chi connectivity index (χ2n) is 17.4. The van der Waals surface area contributed by atoms with Crippen molar-refractivity contribution in [2.24, 2.45) is 0 Å². The van der Waals surface area contributed by atoms with Crippen LogP contribution in [0.3, 0.4) is 0 Å². The predicted octanol–water partition coefficient (Wildman–Crippen LogP) is 18.2. The first kappa shape index (κ1) is 60.8. The van der Waals surface area contributed by atoms with Crippen molar-refractivity contribution in [1.29, 1.82) is 0 Å². The highest BCUT2D eigenvalue weighted by molar-refractivity contribution is 5.70. The minimum absolute atomic E-state index is 0.0525. The SMILES string of the molecule is CC/C=C\C/C=C\C/C=C\C/C=C\CCCCC(=O)OCC(COCCCCCCCCCCCC/C=C\C/C=C\CCCCC)OC(=O)CCCCCCC/C=C\C/C=C\CCC. The Labute approximate surface area is 396 Å². The zero-order chi connectivity index (χ0) is 46.3. The molecule has 0 aromatic heterocycles. The van der Waals surface area contributed by atoms with Gasteiger partial charge in [0.15, 0.2) is 6.10 Å². The monoisotopic (exact) mass is 889 g/mol. The summed E-state index contributed by atoms with van der Waals surface area (Å²) in [5, 5.41) is 0. The Hall–Kier alpha value is -3.18. The summed E-state index contributed by atoms with van der Waals surface area (Å²) in [5.74, 6) is -0.465. The molecule has 5 heteroatoms. The van der Waals surface area contributed by atoms with Gasteiger partial charge >= 0.3 is 11.9 Å². The molecule has 0 saturated carbocycles. The predicted molar refractivity (Wildman–Crippen MR) is 279 cm³/mol. The van der Waals surface area contributed by atoms with Gasteiger partial charge in [0.1, 0.15) is 6.61 Å². The molecule has 0 aliphatic rings. The molecule has 0 aromatic rings. The summed E-state index contributed by atoms with van der Waals surface area (Å²) < 4.78 is 17.4. The molecule has 1 atom stereocenters. The number of esters is 2. The number of carbonyl (C=O) groups is 2. The molecule has 0 aliphatic carbocycles. The van der Waals surface area contributed by atoms with E-state index in [0.717, 1.165) is 103 Å². The molecule has 0 spiro atoms. The molecule has 0 heterocycles. The number of ether oxygens (including phenoxy) is 3. The molecule has 1 unspecified atom stereocenters. The Bertz CT molecular complexity index is 1230. The van der Waals surface area contributed by atoms with E-state index in [1.165, 1.54) is 103 Å². The molecule has 0 bridgehead atoms. The maximum absolute atomic E-state index is 12.8. The van der Waals surface area contributed by atoms with E-state index >= 15 is 0 Å². The van der Waals surface area contributed by atoms with Crippen LogP contribution in [0, 0.1) is 0 Å². The van der Waals surface area contributed by atoms with Crippen molar-refractivity contribution in [3.63, 3.8) is 0 Å². The maximum Gasteiger partial charge on any atom is 0.306 e. The average molecular weight is 889 g/mol. The van der Waals surface area contributed by atoms with Crippen LogP contribution in [-0.2, 0) is 23.8 Å². The van der Waals surface area contributed by atoms with Gasteiger partial charge in [-0.1, -0.05) is 208 Å². The van der Waals surface area contributed by atoms with Crippen LogP contribution >= 0.6 is 0 Å². The second-order valence-corrected chi connectivity index (χ2v) is 17.4. The molecule has 5 nitrogen and oxygen atoms in total. The number of allylic oxidation sites excluding steroid dienone is 16. The van der Waals surface area contributed by atoms with Gasteiger partial charge in [0.2, 0.25) is 0 Å². The van der Waals surface area contributed by atoms with Crippen molar-refractivity contribution >= 4 is 11.9 Å². The normalized spacial score (nSPS) is 13.0. The van der Waals surface area contributed by atoms with Gasteiger partial charge in [0.25, 0.3) is 0 Å². The number of carbonyl (C=O) groups excluding carboxylic acids is 2. The number of hydrogen-bond donors (Lipinski definition) is 0. The van der Waals surface area contributed by atoms with Crippen molar-refractivity contribution in [1.82, 2.24) is 0 Å². The van der Waals surface area contributed by atoms with E-state index in [9.17, 15) is 9.59 Å². The molecule has 0 aliphatic heterocycles. The molecule has 366 valence electrons. The summed E-state index contributed by atoms with van der Waals surface area (Å²) in [6.45, 7) is 7.56. The molecule has 0 fully saturated rings. The highest BCUT2D eigenvalue weighted by Crippen LogP contribution is 2.14. The smallest absolute Gasteiger partial charge is 0.306 e. The van der Waals surface area contributed by atoms with Crippen LogP contribution in [0.15, 0.2) is 97.2 Å². The number of unbranched alkanes of at least 4 members (excludes halogenated alkanes) is 21. The molecule has 0 rings (SSSR count). The van der Waals surface area contributed by atoms with Crippen LogP contribution < -0.4 is 0 Å². The van der Waals surface area contributed by atoms with Gasteiger partial charge in [0, 0.05) is 19.4 Å². The lowest BCUT2D eigenvalue weighted by molar-refractivity contribution is -0.163. The molecule has 0 radical (unpaired) electrons. The highest BCUT2D eigenvalue weighted by Gasteiger charge is 2.17. The Morgan fingerprint density at radius 2 is 0.734 bits per heavy atom. The third-order valence-corrected chi connectivity index (χ3v) is 11.1. The molecule has 0 aromatic carbocycles. The average Bonchev–Trinajstić information content (AvgIpc) is 3.30. The van der Waals surface area contributed by atoms with Crippen molar-refractivity contribution in [3.8, 4) is 0 Å². The Balaban J connectivity index is 4.32. The molecule has 0 N–H and O–H groups in total. The van der Waals surface area contributed by atoms with E-state index in [-0.39, 0.29) is 25.2 Å². The van der Waals surface area contributed by atoms with Gasteiger partial charge in [-0.25, -0.2) is 0 Å². The third-order valence-electron chi connectivity index (χ3n) is 11.1. The van der Waals surface area contributed by atoms with E-state index in [0.29, 0.717) is 19.4 Å². The molecular weight excluding hydrogens is 789 g/mol. The van der Waals surface area contributed by atoms with E-state index in [2.05, 4.69) is 118 Å². The summed E-state index contributed by atoms with van der Waals surface area (Å²) in [6, 6.07) is 0. The van der Waals surface area contributed by atoms with Crippen LogP contribution in [-0.4, -0.2) is 37.9 Å². The van der Waals surface area contributed by atoms with Crippen molar-refractivity contribution in [3.05, 3.63) is 97.2 Å². The van der Waals surface area contributed by atoms with E-state index in [4.69, 9.17) is 14.2 Å². The van der Waals surface area contributed by atoms with Crippen molar-refractivity contribution < 1.29 is 23.8 Å². The first-order chi connectivity index (χ1) is 31.6. The lowest BCUT2D eigenvalue weighted by Gasteiger charge is -2.18. The Morgan fingerprint density at radius 1 is 0.359 bits per heavy atom. The van der Waals surface area contributed by atoms with Crippen molar-refractivity contribution in [2.75, 3.05) is 19.8 Å². The zero-order valence-corrected chi connectivity index (χ0v) is 42.0. The highest BCUT2D eigenvalue weighted by atomic mass is 16.6. The van der Waals surface area contributed by atoms with Gasteiger partial charge in [-0.05, 0) is 116 Å². The van der Waals surface area contributed by atoms with Crippen molar-refractivity contribution in [2.45, 2.75) is 245 Å². The van der Waals surface area contributed by atoms with Crippen LogP contribution in [0.1, 0.15) is 239 Å². The van der Waals surface area contributed by atoms with Crippen LogP contribution in [0.25, 0.3) is 0 Å². The molecular formula is C59H100O5. The molecule has 0 saturated heterocycles. The fraction of sp³-hybridized carbons (Fsp3) is 0.695. The first-order valence-electron chi connectivity index (χ1n) is 26.8. The minimum Gasteiger partial charge on any atom is -0.462 e. The standard InChI is InChI=1S/C59H100O5/c1-4-7-10-13-16-19-22-25-27-28-29-30-31-33-36-39-42-45-48-51-54-62-55-57(64-59(61)53-50-47-44-41-38-34-24-21-18-15-12-9-6-3)56-63-58(60)52-49-46-43-40-37-35-32-26-23-20-17-14-11-8-5-2/h8,11-12,15-17,19-21,24-27,32,37,40,57H,4-7,9-10,13-14,18,22-23,28-31,33-36,38-39,41-56H2,1-3H3/b11-8-,15-12-,19-16-,20-17-,24-21-,27-25-,32-26-,40-37-. The summed E-state index contributed by atoms with van der Waals surface area (Å²) >= 11 is 0. The van der Waals surface area contributed by atoms with Gasteiger partial charge in [0.05, 0.1) is 6.61 Å². The van der Waals surface area contributed by atoms with Gasteiger partial charge in [-0.3, -0.25) is 9.59 Å².